The quantitative estimate of drug-likeness (QED) is 0.181. The molecular weight excluding hydrogens is 558 g/mol. The SMILES string of the molecule is N#CC(C#N)=C1C(c2ccc(OC(F)(F)F)cc2)=C2c3cccc4cccc(c34)C2C1c1ccc(OC(F)(F)F)cc1. The second-order valence-electron chi connectivity index (χ2n) is 9.70. The van der Waals surface area contributed by atoms with E-state index in [9.17, 15) is 36.9 Å². The van der Waals surface area contributed by atoms with E-state index in [-0.39, 0.29) is 5.57 Å². The van der Waals surface area contributed by atoms with Crippen LogP contribution < -0.4 is 9.47 Å². The first-order chi connectivity index (χ1) is 20.0. The molecule has 0 heterocycles. The number of nitriles is 2. The van der Waals surface area contributed by atoms with Gasteiger partial charge in [0, 0.05) is 11.8 Å². The van der Waals surface area contributed by atoms with E-state index in [1.807, 2.05) is 48.5 Å². The fourth-order valence-corrected chi connectivity index (χ4v) is 6.08. The maximum Gasteiger partial charge on any atom is 0.573 e. The summed E-state index contributed by atoms with van der Waals surface area (Å²) in [4.78, 5) is 0. The van der Waals surface area contributed by atoms with Crippen molar-refractivity contribution < 1.29 is 35.8 Å². The summed E-state index contributed by atoms with van der Waals surface area (Å²) < 4.78 is 85.1. The standard InChI is InChI=1S/C32H16F6N2O2/c33-31(34,35)41-21-11-7-18(8-12-21)26-28(20(15-39)16-40)27(19-9-13-22(14-10-19)42-32(36,37)38)30-24-6-2-4-17-3-1-5-23(25(17)24)29(26)30/h1-14,26,29H. The van der Waals surface area contributed by atoms with E-state index in [2.05, 4.69) is 9.47 Å². The van der Waals surface area contributed by atoms with E-state index >= 15 is 0 Å². The molecule has 0 saturated heterocycles. The molecule has 2 aliphatic carbocycles. The number of alkyl halides is 6. The van der Waals surface area contributed by atoms with Crippen LogP contribution in [0, 0.1) is 22.7 Å². The Morgan fingerprint density at radius 1 is 0.667 bits per heavy atom. The monoisotopic (exact) mass is 574 g/mol. The second kappa shape index (κ2) is 9.71. The summed E-state index contributed by atoms with van der Waals surface area (Å²) in [7, 11) is 0. The molecule has 2 unspecified atom stereocenters. The zero-order chi connectivity index (χ0) is 29.8. The maximum atomic E-state index is 12.8. The molecule has 208 valence electrons. The molecule has 2 aliphatic rings. The van der Waals surface area contributed by atoms with Crippen molar-refractivity contribution in [2.75, 3.05) is 0 Å². The maximum absolute atomic E-state index is 12.8. The van der Waals surface area contributed by atoms with Crippen LogP contribution >= 0.6 is 0 Å². The number of allylic oxidation sites excluding steroid dienone is 4. The Balaban J connectivity index is 1.61. The van der Waals surface area contributed by atoms with Gasteiger partial charge < -0.3 is 9.47 Å². The lowest BCUT2D eigenvalue weighted by Crippen LogP contribution is -2.17. The number of hydrogen-bond donors (Lipinski definition) is 0. The highest BCUT2D eigenvalue weighted by atomic mass is 19.4. The second-order valence-corrected chi connectivity index (χ2v) is 9.70. The molecule has 0 bridgehead atoms. The van der Waals surface area contributed by atoms with Crippen LogP contribution in [0.25, 0.3) is 21.9 Å². The minimum atomic E-state index is -4.89. The van der Waals surface area contributed by atoms with Crippen molar-refractivity contribution in [3.8, 4) is 23.6 Å². The summed E-state index contributed by atoms with van der Waals surface area (Å²) >= 11 is 0. The fraction of sp³-hybridized carbons (Fsp3) is 0.125. The van der Waals surface area contributed by atoms with Crippen molar-refractivity contribution in [1.82, 2.24) is 0 Å². The molecular formula is C32H16F6N2O2. The van der Waals surface area contributed by atoms with Gasteiger partial charge in [-0.25, -0.2) is 0 Å². The topological polar surface area (TPSA) is 66.0 Å². The molecule has 4 aromatic carbocycles. The van der Waals surface area contributed by atoms with Gasteiger partial charge in [0.1, 0.15) is 29.2 Å². The molecule has 0 saturated carbocycles. The van der Waals surface area contributed by atoms with Crippen LogP contribution in [0.5, 0.6) is 11.5 Å². The van der Waals surface area contributed by atoms with Crippen LogP contribution in [0.1, 0.15) is 34.1 Å². The molecule has 4 nitrogen and oxygen atoms in total. The van der Waals surface area contributed by atoms with Gasteiger partial charge in [-0.15, -0.1) is 26.3 Å². The third-order valence-electron chi connectivity index (χ3n) is 7.40. The Morgan fingerprint density at radius 2 is 1.21 bits per heavy atom. The predicted molar refractivity (Wildman–Crippen MR) is 141 cm³/mol. The summed E-state index contributed by atoms with van der Waals surface area (Å²) in [6.45, 7) is 0. The third kappa shape index (κ3) is 4.61. The largest absolute Gasteiger partial charge is 0.573 e. The van der Waals surface area contributed by atoms with Crippen LogP contribution in [0.2, 0.25) is 0 Å². The van der Waals surface area contributed by atoms with Crippen molar-refractivity contribution in [2.45, 2.75) is 24.6 Å². The lowest BCUT2D eigenvalue weighted by molar-refractivity contribution is -0.275. The van der Waals surface area contributed by atoms with Gasteiger partial charge >= 0.3 is 12.7 Å². The molecule has 0 N–H and O–H groups in total. The zero-order valence-electron chi connectivity index (χ0n) is 21.2. The number of halogens is 6. The number of fused-ring (bicyclic) bond motifs is 3. The van der Waals surface area contributed by atoms with Crippen LogP contribution in [-0.4, -0.2) is 12.7 Å². The highest BCUT2D eigenvalue weighted by Crippen LogP contribution is 2.64. The van der Waals surface area contributed by atoms with Gasteiger partial charge in [-0.05, 0) is 74.0 Å². The van der Waals surface area contributed by atoms with Crippen LogP contribution in [-0.2, 0) is 0 Å². The molecule has 0 aromatic heterocycles. The van der Waals surface area contributed by atoms with Gasteiger partial charge in [0.05, 0.1) is 0 Å². The Kier molecular flexibility index (Phi) is 6.23. The van der Waals surface area contributed by atoms with Crippen LogP contribution in [0.3, 0.4) is 0 Å². The van der Waals surface area contributed by atoms with Crippen molar-refractivity contribution in [1.29, 1.82) is 10.5 Å². The summed E-state index contributed by atoms with van der Waals surface area (Å²) in [6.07, 6.45) is -9.78. The molecule has 0 aliphatic heterocycles. The molecule has 0 spiro atoms. The van der Waals surface area contributed by atoms with Gasteiger partial charge in [-0.1, -0.05) is 60.7 Å². The van der Waals surface area contributed by atoms with Crippen LogP contribution in [0.15, 0.2) is 96.1 Å². The van der Waals surface area contributed by atoms with Crippen molar-refractivity contribution >= 4 is 21.9 Å². The van der Waals surface area contributed by atoms with Gasteiger partial charge in [0.25, 0.3) is 0 Å². The van der Waals surface area contributed by atoms with Crippen molar-refractivity contribution in [2.24, 2.45) is 0 Å². The van der Waals surface area contributed by atoms with Crippen molar-refractivity contribution in [3.63, 3.8) is 0 Å². The first-order valence-electron chi connectivity index (χ1n) is 12.5. The average molecular weight is 574 g/mol. The van der Waals surface area contributed by atoms with E-state index in [1.54, 1.807) is 0 Å². The Bertz CT molecular complexity index is 1850. The number of nitrogens with zero attached hydrogens (tertiary/aromatic N) is 2. The van der Waals surface area contributed by atoms with Gasteiger partial charge in [0.2, 0.25) is 0 Å². The number of ether oxygens (including phenoxy) is 2. The molecule has 42 heavy (non-hydrogen) atoms. The van der Waals surface area contributed by atoms with E-state index in [0.29, 0.717) is 22.3 Å². The molecule has 0 fully saturated rings. The van der Waals surface area contributed by atoms with Crippen LogP contribution in [0.4, 0.5) is 26.3 Å². The van der Waals surface area contributed by atoms with Gasteiger partial charge in [-0.3, -0.25) is 0 Å². The summed E-state index contributed by atoms with van der Waals surface area (Å²) in [5, 5.41) is 21.9. The highest BCUT2D eigenvalue weighted by Gasteiger charge is 2.47. The predicted octanol–water partition coefficient (Wildman–Crippen LogP) is 8.79. The number of hydrogen-bond acceptors (Lipinski definition) is 4. The Hall–Kier alpha value is -5.22. The third-order valence-corrected chi connectivity index (χ3v) is 7.40. The molecule has 0 amide bonds. The smallest absolute Gasteiger partial charge is 0.406 e. The Morgan fingerprint density at radius 3 is 1.76 bits per heavy atom. The summed E-state index contributed by atoms with van der Waals surface area (Å²) in [5.74, 6) is -1.98. The molecule has 2 atom stereocenters. The molecule has 4 aromatic rings. The summed E-state index contributed by atoms with van der Waals surface area (Å²) in [6, 6.07) is 25.8. The van der Waals surface area contributed by atoms with E-state index in [0.717, 1.165) is 39.6 Å². The van der Waals surface area contributed by atoms with E-state index < -0.39 is 36.1 Å². The van der Waals surface area contributed by atoms with E-state index in [1.165, 1.54) is 36.4 Å². The van der Waals surface area contributed by atoms with Gasteiger partial charge in [0.15, 0.2) is 0 Å². The molecule has 10 heteroatoms. The Labute approximate surface area is 234 Å². The minimum Gasteiger partial charge on any atom is -0.406 e. The minimum absolute atomic E-state index is 0.215. The highest BCUT2D eigenvalue weighted by molar-refractivity contribution is 6.16. The lowest BCUT2D eigenvalue weighted by Gasteiger charge is -2.23. The first kappa shape index (κ1) is 27.0. The normalized spacial score (nSPS) is 17.6. The fourth-order valence-electron chi connectivity index (χ4n) is 6.08. The number of rotatable bonds is 4. The summed E-state index contributed by atoms with van der Waals surface area (Å²) in [5.41, 5.74) is 4.11. The first-order valence-corrected chi connectivity index (χ1v) is 12.5. The van der Waals surface area contributed by atoms with Crippen molar-refractivity contribution in [3.05, 3.63) is 118 Å². The lowest BCUT2D eigenvalue weighted by atomic mass is 9.79. The van der Waals surface area contributed by atoms with E-state index in [4.69, 9.17) is 0 Å². The molecule has 6 rings (SSSR count). The van der Waals surface area contributed by atoms with Gasteiger partial charge in [-0.2, -0.15) is 10.5 Å². The zero-order valence-corrected chi connectivity index (χ0v) is 21.2. The molecule has 0 radical (unpaired) electrons. The number of benzene rings is 4. The average Bonchev–Trinajstić information content (AvgIpc) is 3.44.